The van der Waals surface area contributed by atoms with E-state index in [1.807, 2.05) is 34.9 Å². The molecule has 1 aliphatic rings. The lowest BCUT2D eigenvalue weighted by atomic mass is 9.95. The van der Waals surface area contributed by atoms with Crippen LogP contribution in [0.4, 0.5) is 10.3 Å². The van der Waals surface area contributed by atoms with Crippen LogP contribution in [0, 0.1) is 5.82 Å². The van der Waals surface area contributed by atoms with E-state index in [-0.39, 0.29) is 12.4 Å². The summed E-state index contributed by atoms with van der Waals surface area (Å²) in [5.41, 5.74) is 3.43. The van der Waals surface area contributed by atoms with Crippen LogP contribution in [0.5, 0.6) is 0 Å². The number of rotatable bonds is 3. The van der Waals surface area contributed by atoms with E-state index in [1.54, 1.807) is 19.9 Å². The Bertz CT molecular complexity index is 1040. The summed E-state index contributed by atoms with van der Waals surface area (Å²) in [6, 6.07) is 13.4. The first-order valence-electron chi connectivity index (χ1n) is 8.47. The van der Waals surface area contributed by atoms with Crippen molar-refractivity contribution in [2.45, 2.75) is 19.9 Å². The van der Waals surface area contributed by atoms with Crippen LogP contribution < -0.4 is 5.32 Å². The van der Waals surface area contributed by atoms with Gasteiger partial charge >= 0.3 is 5.97 Å². The maximum absolute atomic E-state index is 13.9. The molecule has 132 valence electrons. The lowest BCUT2D eigenvalue weighted by molar-refractivity contribution is -0.139. The average Bonchev–Trinajstić information content (AvgIpc) is 2.98. The van der Waals surface area contributed by atoms with Crippen molar-refractivity contribution < 1.29 is 13.9 Å². The molecular formula is C20H18FN3O2. The van der Waals surface area contributed by atoms with Gasteiger partial charge in [0.05, 0.1) is 29.3 Å². The number of carbonyl (C=O) groups excluding carboxylic acids is 1. The van der Waals surface area contributed by atoms with Crippen LogP contribution in [0.15, 0.2) is 59.8 Å². The van der Waals surface area contributed by atoms with Gasteiger partial charge in [-0.05, 0) is 43.7 Å². The van der Waals surface area contributed by atoms with E-state index in [0.717, 1.165) is 11.0 Å². The average molecular weight is 351 g/mol. The fraction of sp³-hybridized carbons (Fsp3) is 0.200. The number of fused-ring (bicyclic) bond motifs is 3. The van der Waals surface area contributed by atoms with Gasteiger partial charge in [0.15, 0.2) is 0 Å². The Morgan fingerprint density at radius 1 is 1.27 bits per heavy atom. The Labute approximate surface area is 150 Å². The number of para-hydroxylation sites is 2. The van der Waals surface area contributed by atoms with E-state index in [1.165, 1.54) is 12.1 Å². The molecule has 6 heteroatoms. The predicted molar refractivity (Wildman–Crippen MR) is 97.2 cm³/mol. The van der Waals surface area contributed by atoms with Crippen LogP contribution in [-0.2, 0) is 9.53 Å². The van der Waals surface area contributed by atoms with Gasteiger partial charge in [-0.3, -0.25) is 4.57 Å². The predicted octanol–water partition coefficient (Wildman–Crippen LogP) is 4.03. The highest BCUT2D eigenvalue weighted by Gasteiger charge is 2.34. The van der Waals surface area contributed by atoms with Crippen molar-refractivity contribution in [3.05, 3.63) is 71.2 Å². The molecule has 26 heavy (non-hydrogen) atoms. The quantitative estimate of drug-likeness (QED) is 0.724. The molecule has 2 aromatic carbocycles. The number of anilines is 1. The molecule has 3 aromatic rings. The highest BCUT2D eigenvalue weighted by Crippen LogP contribution is 2.39. The molecule has 0 aliphatic carbocycles. The minimum absolute atomic E-state index is 0.267. The fourth-order valence-corrected chi connectivity index (χ4v) is 3.43. The third-order valence-corrected chi connectivity index (χ3v) is 4.49. The second-order valence-corrected chi connectivity index (χ2v) is 6.14. The van der Waals surface area contributed by atoms with Crippen LogP contribution in [0.1, 0.15) is 25.5 Å². The summed E-state index contributed by atoms with van der Waals surface area (Å²) >= 11 is 0. The van der Waals surface area contributed by atoms with E-state index in [9.17, 15) is 9.18 Å². The van der Waals surface area contributed by atoms with Gasteiger partial charge in [0.25, 0.3) is 0 Å². The second-order valence-electron chi connectivity index (χ2n) is 6.14. The Balaban J connectivity index is 1.99. The number of halogens is 1. The Morgan fingerprint density at radius 2 is 2.08 bits per heavy atom. The zero-order chi connectivity index (χ0) is 18.3. The van der Waals surface area contributed by atoms with Crippen LogP contribution in [-0.4, -0.2) is 22.1 Å². The molecule has 4 rings (SSSR count). The number of esters is 1. The van der Waals surface area contributed by atoms with E-state index >= 15 is 0 Å². The summed E-state index contributed by atoms with van der Waals surface area (Å²) in [6.45, 7) is 3.84. The minimum atomic E-state index is -0.520. The molecular weight excluding hydrogens is 333 g/mol. The largest absolute Gasteiger partial charge is 0.463 e. The second kappa shape index (κ2) is 6.29. The van der Waals surface area contributed by atoms with Crippen molar-refractivity contribution >= 4 is 23.0 Å². The lowest BCUT2D eigenvalue weighted by Crippen LogP contribution is -2.29. The standard InChI is InChI=1S/C20H18FN3O2/c1-3-26-19(25)17-12(2)22-20-23-15-9-4-5-10-16(15)24(20)18(17)13-7-6-8-14(21)11-13/h4-11,18H,3H2,1-2H3,(H,22,23). The maximum Gasteiger partial charge on any atom is 0.338 e. The van der Waals surface area contributed by atoms with Gasteiger partial charge in [0.1, 0.15) is 5.82 Å². The zero-order valence-electron chi connectivity index (χ0n) is 14.5. The van der Waals surface area contributed by atoms with Gasteiger partial charge in [-0.1, -0.05) is 24.3 Å². The van der Waals surface area contributed by atoms with Gasteiger partial charge in [-0.25, -0.2) is 14.2 Å². The summed E-state index contributed by atoms with van der Waals surface area (Å²) in [5, 5.41) is 3.19. The van der Waals surface area contributed by atoms with Gasteiger partial charge in [-0.15, -0.1) is 0 Å². The van der Waals surface area contributed by atoms with Gasteiger partial charge in [0, 0.05) is 5.70 Å². The molecule has 1 aromatic heterocycles. The first-order chi connectivity index (χ1) is 12.6. The van der Waals surface area contributed by atoms with Gasteiger partial charge in [-0.2, -0.15) is 0 Å². The molecule has 0 radical (unpaired) electrons. The summed E-state index contributed by atoms with van der Waals surface area (Å²) in [5.74, 6) is -0.158. The summed E-state index contributed by atoms with van der Waals surface area (Å²) in [7, 11) is 0. The van der Waals surface area contributed by atoms with Crippen LogP contribution in [0.2, 0.25) is 0 Å². The van der Waals surface area contributed by atoms with Gasteiger partial charge in [0.2, 0.25) is 5.95 Å². The number of carbonyl (C=O) groups is 1. The molecule has 1 aliphatic heterocycles. The number of nitrogens with one attached hydrogen (secondary N) is 1. The number of hydrogen-bond donors (Lipinski definition) is 1. The van der Waals surface area contributed by atoms with Crippen LogP contribution in [0.25, 0.3) is 11.0 Å². The third-order valence-electron chi connectivity index (χ3n) is 4.49. The van der Waals surface area contributed by atoms with Crippen molar-refractivity contribution in [3.8, 4) is 0 Å². The molecule has 5 nitrogen and oxygen atoms in total. The monoisotopic (exact) mass is 351 g/mol. The van der Waals surface area contributed by atoms with E-state index in [4.69, 9.17) is 4.74 Å². The molecule has 0 amide bonds. The first-order valence-corrected chi connectivity index (χ1v) is 8.47. The number of hydrogen-bond acceptors (Lipinski definition) is 4. The van der Waals surface area contributed by atoms with E-state index < -0.39 is 12.0 Å². The van der Waals surface area contributed by atoms with Gasteiger partial charge < -0.3 is 10.1 Å². The number of nitrogens with zero attached hydrogens (tertiary/aromatic N) is 2. The SMILES string of the molecule is CCOC(=O)C1=C(C)Nc2nc3ccccc3n2C1c1cccc(F)c1. The van der Waals surface area contributed by atoms with Crippen molar-refractivity contribution in [1.29, 1.82) is 0 Å². The molecule has 0 saturated heterocycles. The lowest BCUT2D eigenvalue weighted by Gasteiger charge is -2.30. The molecule has 0 fully saturated rings. The zero-order valence-corrected chi connectivity index (χ0v) is 14.5. The van der Waals surface area contributed by atoms with Crippen molar-refractivity contribution in [1.82, 2.24) is 9.55 Å². The van der Waals surface area contributed by atoms with Crippen molar-refractivity contribution in [3.63, 3.8) is 0 Å². The highest BCUT2D eigenvalue weighted by molar-refractivity contribution is 5.94. The molecule has 1 unspecified atom stereocenters. The molecule has 1 N–H and O–H groups in total. The number of allylic oxidation sites excluding steroid dienone is 1. The van der Waals surface area contributed by atoms with E-state index in [2.05, 4.69) is 10.3 Å². The minimum Gasteiger partial charge on any atom is -0.463 e. The summed E-state index contributed by atoms with van der Waals surface area (Å²) in [6.07, 6.45) is 0. The van der Waals surface area contributed by atoms with E-state index in [0.29, 0.717) is 22.8 Å². The number of aromatic nitrogens is 2. The number of benzene rings is 2. The Hall–Kier alpha value is -3.15. The fourth-order valence-electron chi connectivity index (χ4n) is 3.43. The molecule has 0 spiro atoms. The molecule has 2 heterocycles. The molecule has 0 bridgehead atoms. The van der Waals surface area contributed by atoms with Crippen molar-refractivity contribution in [2.75, 3.05) is 11.9 Å². The third kappa shape index (κ3) is 2.54. The molecule has 1 atom stereocenters. The number of ether oxygens (including phenoxy) is 1. The van der Waals surface area contributed by atoms with Crippen LogP contribution >= 0.6 is 0 Å². The van der Waals surface area contributed by atoms with Crippen LogP contribution in [0.3, 0.4) is 0 Å². The normalized spacial score (nSPS) is 16.3. The smallest absolute Gasteiger partial charge is 0.338 e. The topological polar surface area (TPSA) is 56.1 Å². The highest BCUT2D eigenvalue weighted by atomic mass is 19.1. The first kappa shape index (κ1) is 16.3. The molecule has 0 saturated carbocycles. The summed E-state index contributed by atoms with van der Waals surface area (Å²) < 4.78 is 21.1. The van der Waals surface area contributed by atoms with Crippen molar-refractivity contribution in [2.24, 2.45) is 0 Å². The Kier molecular flexibility index (Phi) is 3.95. The Morgan fingerprint density at radius 3 is 2.85 bits per heavy atom. The summed E-state index contributed by atoms with van der Waals surface area (Å²) in [4.78, 5) is 17.3. The number of imidazole rings is 1. The maximum atomic E-state index is 13.9.